The van der Waals surface area contributed by atoms with E-state index in [4.69, 9.17) is 4.74 Å². The van der Waals surface area contributed by atoms with E-state index in [-0.39, 0.29) is 16.7 Å². The predicted octanol–water partition coefficient (Wildman–Crippen LogP) is 3.04. The van der Waals surface area contributed by atoms with Crippen molar-refractivity contribution in [1.82, 2.24) is 4.90 Å². The van der Waals surface area contributed by atoms with Crippen LogP contribution in [0.5, 0.6) is 0 Å². The van der Waals surface area contributed by atoms with Gasteiger partial charge in [0.1, 0.15) is 11.3 Å². The maximum Gasteiger partial charge on any atom is 0.410 e. The van der Waals surface area contributed by atoms with Gasteiger partial charge in [0.25, 0.3) is 5.69 Å². The van der Waals surface area contributed by atoms with E-state index >= 15 is 0 Å². The fourth-order valence-corrected chi connectivity index (χ4v) is 2.55. The van der Waals surface area contributed by atoms with E-state index in [2.05, 4.69) is 0 Å². The molecular formula is C16H23N3O4. The molecule has 0 spiro atoms. The summed E-state index contributed by atoms with van der Waals surface area (Å²) in [5.41, 5.74) is 0.170. The molecule has 7 heteroatoms. The minimum atomic E-state index is -0.526. The first-order valence-electron chi connectivity index (χ1n) is 7.74. The summed E-state index contributed by atoms with van der Waals surface area (Å²) in [6.45, 7) is 7.80. The van der Waals surface area contributed by atoms with Crippen LogP contribution in [0.2, 0.25) is 0 Å². The molecule has 1 aromatic carbocycles. The fraction of sp³-hybridized carbons (Fsp3) is 0.562. The largest absolute Gasteiger partial charge is 0.444 e. The third kappa shape index (κ3) is 4.58. The molecule has 0 saturated carbocycles. The summed E-state index contributed by atoms with van der Waals surface area (Å²) in [6.07, 6.45) is 0.410. The lowest BCUT2D eigenvalue weighted by Crippen LogP contribution is -2.39. The number of nitro benzene ring substituents is 1. The molecule has 126 valence electrons. The minimum absolute atomic E-state index is 0.0956. The molecule has 0 aromatic heterocycles. The Morgan fingerprint density at radius 1 is 1.17 bits per heavy atom. The lowest BCUT2D eigenvalue weighted by atomic mass is 10.2. The average Bonchev–Trinajstić information content (AvgIpc) is 2.71. The molecule has 0 atom stereocenters. The van der Waals surface area contributed by atoms with Crippen LogP contribution < -0.4 is 4.90 Å². The zero-order valence-corrected chi connectivity index (χ0v) is 13.8. The molecule has 7 nitrogen and oxygen atoms in total. The van der Waals surface area contributed by atoms with Crippen molar-refractivity contribution in [2.75, 3.05) is 31.1 Å². The van der Waals surface area contributed by atoms with Crippen LogP contribution in [0.15, 0.2) is 24.3 Å². The third-order valence-electron chi connectivity index (χ3n) is 3.57. The molecule has 2 rings (SSSR count). The number of rotatable bonds is 2. The molecule has 1 aliphatic rings. The summed E-state index contributed by atoms with van der Waals surface area (Å²) >= 11 is 0. The van der Waals surface area contributed by atoms with E-state index in [1.165, 1.54) is 6.07 Å². The van der Waals surface area contributed by atoms with Crippen molar-refractivity contribution in [2.45, 2.75) is 32.8 Å². The van der Waals surface area contributed by atoms with Crippen molar-refractivity contribution in [3.05, 3.63) is 34.4 Å². The molecule has 0 aliphatic carbocycles. The lowest BCUT2D eigenvalue weighted by molar-refractivity contribution is -0.384. The van der Waals surface area contributed by atoms with Crippen LogP contribution in [0.4, 0.5) is 16.2 Å². The number of benzene rings is 1. The van der Waals surface area contributed by atoms with Crippen LogP contribution in [0, 0.1) is 10.1 Å². The molecule has 0 N–H and O–H groups in total. The van der Waals surface area contributed by atoms with Gasteiger partial charge in [-0.3, -0.25) is 10.1 Å². The molecule has 1 fully saturated rings. The van der Waals surface area contributed by atoms with E-state index in [9.17, 15) is 14.9 Å². The highest BCUT2D eigenvalue weighted by atomic mass is 16.6. The van der Waals surface area contributed by atoms with Gasteiger partial charge in [-0.25, -0.2) is 4.79 Å². The van der Waals surface area contributed by atoms with Crippen LogP contribution in [0.3, 0.4) is 0 Å². The maximum absolute atomic E-state index is 12.2. The minimum Gasteiger partial charge on any atom is -0.444 e. The molecule has 1 aromatic rings. The number of anilines is 1. The summed E-state index contributed by atoms with van der Waals surface area (Å²) in [4.78, 5) is 26.6. The van der Waals surface area contributed by atoms with Crippen LogP contribution in [-0.4, -0.2) is 47.7 Å². The second kappa shape index (κ2) is 6.85. The molecule has 1 amide bonds. The zero-order chi connectivity index (χ0) is 17.0. The van der Waals surface area contributed by atoms with Gasteiger partial charge >= 0.3 is 6.09 Å². The molecule has 0 unspecified atom stereocenters. The highest BCUT2D eigenvalue weighted by molar-refractivity contribution is 5.68. The fourth-order valence-electron chi connectivity index (χ4n) is 2.55. The number of nitrogens with zero attached hydrogens (tertiary/aromatic N) is 3. The third-order valence-corrected chi connectivity index (χ3v) is 3.57. The molecule has 0 bridgehead atoms. The topological polar surface area (TPSA) is 75.9 Å². The summed E-state index contributed by atoms with van der Waals surface area (Å²) in [7, 11) is 0. The van der Waals surface area contributed by atoms with Crippen molar-refractivity contribution >= 4 is 17.5 Å². The second-order valence-corrected chi connectivity index (χ2v) is 6.55. The summed E-state index contributed by atoms with van der Waals surface area (Å²) in [5.74, 6) is 0. The van der Waals surface area contributed by atoms with Gasteiger partial charge in [-0.15, -0.1) is 0 Å². The van der Waals surface area contributed by atoms with Crippen LogP contribution >= 0.6 is 0 Å². The smallest absolute Gasteiger partial charge is 0.410 e. The van der Waals surface area contributed by atoms with E-state index < -0.39 is 5.60 Å². The number of carbonyl (C=O) groups excluding carboxylic acids is 1. The predicted molar refractivity (Wildman–Crippen MR) is 87.7 cm³/mol. The van der Waals surface area contributed by atoms with Gasteiger partial charge in [0.2, 0.25) is 0 Å². The van der Waals surface area contributed by atoms with Crippen molar-refractivity contribution in [1.29, 1.82) is 0 Å². The van der Waals surface area contributed by atoms with Crippen molar-refractivity contribution < 1.29 is 14.5 Å². The van der Waals surface area contributed by atoms with E-state index in [0.717, 1.165) is 6.42 Å². The Labute approximate surface area is 136 Å². The monoisotopic (exact) mass is 321 g/mol. The molecule has 0 radical (unpaired) electrons. The number of hydrogen-bond donors (Lipinski definition) is 0. The van der Waals surface area contributed by atoms with Gasteiger partial charge in [-0.05, 0) is 33.3 Å². The molecule has 1 saturated heterocycles. The Bertz CT molecular complexity index is 583. The van der Waals surface area contributed by atoms with E-state index in [1.54, 1.807) is 23.1 Å². The summed E-state index contributed by atoms with van der Waals surface area (Å²) in [6, 6.07) is 6.71. The van der Waals surface area contributed by atoms with Gasteiger partial charge in [0.05, 0.1) is 4.92 Å². The van der Waals surface area contributed by atoms with E-state index in [0.29, 0.717) is 31.9 Å². The van der Waals surface area contributed by atoms with Crippen molar-refractivity contribution in [3.63, 3.8) is 0 Å². The Hall–Kier alpha value is -2.31. The second-order valence-electron chi connectivity index (χ2n) is 6.55. The Morgan fingerprint density at radius 2 is 1.87 bits per heavy atom. The lowest BCUT2D eigenvalue weighted by Gasteiger charge is -2.26. The number of ether oxygens (including phenoxy) is 1. The quantitative estimate of drug-likeness (QED) is 0.618. The highest BCUT2D eigenvalue weighted by Gasteiger charge is 2.26. The number of para-hydroxylation sites is 2. The van der Waals surface area contributed by atoms with Gasteiger partial charge in [-0.1, -0.05) is 12.1 Å². The van der Waals surface area contributed by atoms with E-state index in [1.807, 2.05) is 25.7 Å². The van der Waals surface area contributed by atoms with Crippen LogP contribution in [-0.2, 0) is 4.74 Å². The normalized spacial score (nSPS) is 16.0. The first kappa shape index (κ1) is 17.1. The summed E-state index contributed by atoms with van der Waals surface area (Å²) < 4.78 is 5.40. The van der Waals surface area contributed by atoms with Gasteiger partial charge < -0.3 is 14.5 Å². The maximum atomic E-state index is 12.2. The van der Waals surface area contributed by atoms with Gasteiger partial charge in [0.15, 0.2) is 0 Å². The van der Waals surface area contributed by atoms with Crippen molar-refractivity contribution in [3.8, 4) is 0 Å². The Morgan fingerprint density at radius 3 is 2.52 bits per heavy atom. The van der Waals surface area contributed by atoms with Crippen molar-refractivity contribution in [2.24, 2.45) is 0 Å². The number of carbonyl (C=O) groups is 1. The standard InChI is InChI=1S/C16H23N3O4/c1-16(2,3)23-15(20)18-10-6-9-17(11-12-18)13-7-4-5-8-14(13)19(21)22/h4-5,7-8H,6,9-12H2,1-3H3. The number of hydrogen-bond acceptors (Lipinski definition) is 5. The zero-order valence-electron chi connectivity index (χ0n) is 13.8. The number of amides is 1. The van der Waals surface area contributed by atoms with Gasteiger partial charge in [0, 0.05) is 32.2 Å². The van der Waals surface area contributed by atoms with Crippen LogP contribution in [0.1, 0.15) is 27.2 Å². The molecule has 1 aliphatic heterocycles. The SMILES string of the molecule is CC(C)(C)OC(=O)N1CCCN(c2ccccc2[N+](=O)[O-])CC1. The first-order chi connectivity index (χ1) is 10.8. The number of nitro groups is 1. The molecule has 23 heavy (non-hydrogen) atoms. The Kier molecular flexibility index (Phi) is 5.08. The average molecular weight is 321 g/mol. The Balaban J connectivity index is 2.07. The first-order valence-corrected chi connectivity index (χ1v) is 7.74. The van der Waals surface area contributed by atoms with Gasteiger partial charge in [-0.2, -0.15) is 0 Å². The highest BCUT2D eigenvalue weighted by Crippen LogP contribution is 2.28. The summed E-state index contributed by atoms with van der Waals surface area (Å²) in [5, 5.41) is 11.2. The molecular weight excluding hydrogens is 298 g/mol. The molecule has 1 heterocycles. The van der Waals surface area contributed by atoms with Crippen LogP contribution in [0.25, 0.3) is 0 Å².